The summed E-state index contributed by atoms with van der Waals surface area (Å²) in [5.41, 5.74) is 1.54. The van der Waals surface area contributed by atoms with E-state index in [1.165, 1.54) is 13.0 Å². The number of hydrogen-bond donors (Lipinski definition) is 2. The molecule has 0 aliphatic heterocycles. The molecule has 0 radical (unpaired) electrons. The molecule has 0 bridgehead atoms. The van der Waals surface area contributed by atoms with Crippen molar-refractivity contribution in [1.29, 1.82) is 0 Å². The molecule has 5 nitrogen and oxygen atoms in total. The van der Waals surface area contributed by atoms with E-state index in [1.807, 2.05) is 0 Å². The summed E-state index contributed by atoms with van der Waals surface area (Å²) in [7, 11) is 0. The summed E-state index contributed by atoms with van der Waals surface area (Å²) < 4.78 is 4.65. The second-order valence-electron chi connectivity index (χ2n) is 4.27. The Bertz CT molecular complexity index is 481. The van der Waals surface area contributed by atoms with Gasteiger partial charge in [0.15, 0.2) is 11.9 Å². The van der Waals surface area contributed by atoms with Crippen molar-refractivity contribution >= 4 is 11.8 Å². The van der Waals surface area contributed by atoms with Crippen LogP contribution in [0, 0.1) is 6.92 Å². The van der Waals surface area contributed by atoms with Crippen LogP contribution in [0.2, 0.25) is 0 Å². The monoisotopic (exact) mass is 266 g/mol. The van der Waals surface area contributed by atoms with Gasteiger partial charge in [-0.1, -0.05) is 12.1 Å². The molecule has 2 atom stereocenters. The zero-order valence-corrected chi connectivity index (χ0v) is 11.2. The number of carbonyl (C=O) groups is 2. The molecule has 1 aromatic carbocycles. The van der Waals surface area contributed by atoms with Crippen molar-refractivity contribution in [2.24, 2.45) is 0 Å². The third-order valence-electron chi connectivity index (χ3n) is 2.82. The number of ketones is 1. The molecular weight excluding hydrogens is 248 g/mol. The Balaban J connectivity index is 2.96. The van der Waals surface area contributed by atoms with Crippen LogP contribution >= 0.6 is 0 Å². The van der Waals surface area contributed by atoms with Gasteiger partial charge in [-0.15, -0.1) is 0 Å². The van der Waals surface area contributed by atoms with Gasteiger partial charge in [0.2, 0.25) is 0 Å². The Hall–Kier alpha value is -1.72. The molecule has 2 unspecified atom stereocenters. The molecule has 19 heavy (non-hydrogen) atoms. The van der Waals surface area contributed by atoms with E-state index in [-0.39, 0.29) is 12.4 Å². The van der Waals surface area contributed by atoms with E-state index in [9.17, 15) is 19.8 Å². The standard InChI is InChI=1S/C14H18O5/c1-4-19-14(18)13(17)12(16)11-6-5-10(9(3)15)7-8(11)2/h5-7,12-13,16-17H,4H2,1-3H3. The molecule has 0 spiro atoms. The first-order chi connectivity index (χ1) is 8.88. The van der Waals surface area contributed by atoms with Crippen LogP contribution in [-0.2, 0) is 9.53 Å². The van der Waals surface area contributed by atoms with Gasteiger partial charge in [-0.25, -0.2) is 4.79 Å². The van der Waals surface area contributed by atoms with Crippen molar-refractivity contribution in [1.82, 2.24) is 0 Å². The highest BCUT2D eigenvalue weighted by Crippen LogP contribution is 2.23. The normalized spacial score (nSPS) is 13.7. The second-order valence-corrected chi connectivity index (χ2v) is 4.27. The summed E-state index contributed by atoms with van der Waals surface area (Å²) in [5, 5.41) is 19.6. The fourth-order valence-electron chi connectivity index (χ4n) is 1.75. The number of aryl methyl sites for hydroxylation is 1. The number of ether oxygens (including phenoxy) is 1. The number of aliphatic hydroxyl groups is 2. The highest BCUT2D eigenvalue weighted by atomic mass is 16.5. The number of Topliss-reactive ketones (excluding diaryl/α,β-unsaturated/α-hetero) is 1. The molecule has 104 valence electrons. The molecule has 0 amide bonds. The highest BCUT2D eigenvalue weighted by molar-refractivity contribution is 5.94. The zero-order chi connectivity index (χ0) is 14.6. The van der Waals surface area contributed by atoms with Gasteiger partial charge in [0.25, 0.3) is 0 Å². The van der Waals surface area contributed by atoms with Crippen LogP contribution in [0.4, 0.5) is 0 Å². The third kappa shape index (κ3) is 3.62. The van der Waals surface area contributed by atoms with Gasteiger partial charge in [-0.05, 0) is 38.0 Å². The maximum Gasteiger partial charge on any atom is 0.338 e. The fraction of sp³-hybridized carbons (Fsp3) is 0.429. The molecule has 0 aliphatic carbocycles. The number of benzene rings is 1. The summed E-state index contributed by atoms with van der Waals surface area (Å²) in [4.78, 5) is 22.6. The molecule has 0 saturated carbocycles. The van der Waals surface area contributed by atoms with Crippen molar-refractivity contribution in [3.05, 3.63) is 34.9 Å². The maximum atomic E-state index is 11.4. The van der Waals surface area contributed by atoms with Crippen LogP contribution in [0.15, 0.2) is 18.2 Å². The number of rotatable bonds is 5. The lowest BCUT2D eigenvalue weighted by Crippen LogP contribution is -2.30. The number of carbonyl (C=O) groups excluding carboxylic acids is 2. The van der Waals surface area contributed by atoms with Gasteiger partial charge in [0.1, 0.15) is 6.10 Å². The predicted octanol–water partition coefficient (Wildman–Crippen LogP) is 1.16. The number of hydrogen-bond acceptors (Lipinski definition) is 5. The Labute approximate surface area is 111 Å². The first-order valence-corrected chi connectivity index (χ1v) is 6.02. The Morgan fingerprint density at radius 1 is 1.32 bits per heavy atom. The van der Waals surface area contributed by atoms with Crippen LogP contribution in [0.25, 0.3) is 0 Å². The Morgan fingerprint density at radius 3 is 2.42 bits per heavy atom. The van der Waals surface area contributed by atoms with Gasteiger partial charge in [-0.3, -0.25) is 4.79 Å². The molecule has 0 aliphatic rings. The van der Waals surface area contributed by atoms with E-state index in [1.54, 1.807) is 26.0 Å². The summed E-state index contributed by atoms with van der Waals surface area (Å²) in [5.74, 6) is -0.958. The Morgan fingerprint density at radius 2 is 1.95 bits per heavy atom. The van der Waals surface area contributed by atoms with E-state index in [2.05, 4.69) is 4.74 Å². The zero-order valence-electron chi connectivity index (χ0n) is 11.2. The Kier molecular flexibility index (Phi) is 5.20. The smallest absolute Gasteiger partial charge is 0.338 e. The molecule has 0 saturated heterocycles. The van der Waals surface area contributed by atoms with Crippen molar-refractivity contribution in [3.8, 4) is 0 Å². The molecular formula is C14H18O5. The SMILES string of the molecule is CCOC(=O)C(O)C(O)c1ccc(C(C)=O)cc1C. The topological polar surface area (TPSA) is 83.8 Å². The first-order valence-electron chi connectivity index (χ1n) is 6.02. The van der Waals surface area contributed by atoms with Crippen molar-refractivity contribution in [3.63, 3.8) is 0 Å². The van der Waals surface area contributed by atoms with E-state index in [0.29, 0.717) is 16.7 Å². The van der Waals surface area contributed by atoms with Crippen molar-refractivity contribution < 1.29 is 24.5 Å². The van der Waals surface area contributed by atoms with Crippen LogP contribution in [0.5, 0.6) is 0 Å². The predicted molar refractivity (Wildman–Crippen MR) is 68.8 cm³/mol. The first kappa shape index (κ1) is 15.3. The molecule has 2 N–H and O–H groups in total. The molecule has 0 heterocycles. The van der Waals surface area contributed by atoms with Crippen molar-refractivity contribution in [2.75, 3.05) is 6.61 Å². The number of esters is 1. The molecule has 1 aromatic rings. The van der Waals surface area contributed by atoms with E-state index >= 15 is 0 Å². The van der Waals surface area contributed by atoms with Gasteiger partial charge in [0.05, 0.1) is 6.61 Å². The minimum atomic E-state index is -1.64. The number of aliphatic hydroxyl groups excluding tert-OH is 2. The van der Waals surface area contributed by atoms with E-state index in [4.69, 9.17) is 0 Å². The largest absolute Gasteiger partial charge is 0.464 e. The summed E-state index contributed by atoms with van der Waals surface area (Å²) in [6, 6.07) is 4.68. The lowest BCUT2D eigenvalue weighted by molar-refractivity contribution is -0.159. The summed E-state index contributed by atoms with van der Waals surface area (Å²) >= 11 is 0. The van der Waals surface area contributed by atoms with Gasteiger partial charge in [-0.2, -0.15) is 0 Å². The second kappa shape index (κ2) is 6.45. The van der Waals surface area contributed by atoms with Gasteiger partial charge < -0.3 is 14.9 Å². The van der Waals surface area contributed by atoms with Gasteiger partial charge in [0, 0.05) is 5.56 Å². The lowest BCUT2D eigenvalue weighted by Gasteiger charge is -2.18. The highest BCUT2D eigenvalue weighted by Gasteiger charge is 2.28. The molecule has 1 rings (SSSR count). The summed E-state index contributed by atoms with van der Waals surface area (Å²) in [6.45, 7) is 4.88. The maximum absolute atomic E-state index is 11.4. The molecule has 0 aromatic heterocycles. The third-order valence-corrected chi connectivity index (χ3v) is 2.82. The van der Waals surface area contributed by atoms with Crippen LogP contribution < -0.4 is 0 Å². The van der Waals surface area contributed by atoms with E-state index < -0.39 is 18.2 Å². The lowest BCUT2D eigenvalue weighted by atomic mass is 9.96. The van der Waals surface area contributed by atoms with Crippen LogP contribution in [0.1, 0.15) is 41.4 Å². The minimum absolute atomic E-state index is 0.0879. The summed E-state index contributed by atoms with van der Waals surface area (Å²) in [6.07, 6.45) is -3.01. The fourth-order valence-corrected chi connectivity index (χ4v) is 1.75. The van der Waals surface area contributed by atoms with Crippen LogP contribution in [-0.4, -0.2) is 34.7 Å². The minimum Gasteiger partial charge on any atom is -0.464 e. The van der Waals surface area contributed by atoms with Crippen LogP contribution in [0.3, 0.4) is 0 Å². The average Bonchev–Trinajstić information content (AvgIpc) is 2.37. The van der Waals surface area contributed by atoms with Crippen molar-refractivity contribution in [2.45, 2.75) is 33.0 Å². The molecule has 5 heteroatoms. The van der Waals surface area contributed by atoms with Gasteiger partial charge >= 0.3 is 5.97 Å². The molecule has 0 fully saturated rings. The average molecular weight is 266 g/mol. The van der Waals surface area contributed by atoms with E-state index in [0.717, 1.165) is 0 Å². The quantitative estimate of drug-likeness (QED) is 0.617.